The summed E-state index contributed by atoms with van der Waals surface area (Å²) in [5.74, 6) is -0.353. The van der Waals surface area contributed by atoms with Crippen LogP contribution in [0.1, 0.15) is 11.1 Å². The molecule has 1 amide bonds. The lowest BCUT2D eigenvalue weighted by Gasteiger charge is -1.98. The van der Waals surface area contributed by atoms with E-state index in [4.69, 9.17) is 4.42 Å². The number of para-hydroxylation sites is 1. The van der Waals surface area contributed by atoms with Gasteiger partial charge in [-0.2, -0.15) is 0 Å². The van der Waals surface area contributed by atoms with Crippen molar-refractivity contribution in [3.8, 4) is 0 Å². The molecule has 0 aliphatic carbocycles. The summed E-state index contributed by atoms with van der Waals surface area (Å²) in [6.45, 7) is 2.01. The number of nitrogens with zero attached hydrogens (tertiary/aromatic N) is 1. The largest absolute Gasteiger partial charge is 0.463 e. The monoisotopic (exact) mass is 362 g/mol. The highest BCUT2D eigenvalue weighted by Crippen LogP contribution is 2.26. The molecule has 0 bridgehead atoms. The van der Waals surface area contributed by atoms with E-state index in [1.165, 1.54) is 29.8 Å². The molecule has 1 N–H and O–H groups in total. The Labute approximate surface area is 152 Å². The van der Waals surface area contributed by atoms with Crippen LogP contribution in [-0.2, 0) is 4.79 Å². The molecular weight excluding hydrogens is 348 g/mol. The third-order valence-corrected chi connectivity index (χ3v) is 4.83. The van der Waals surface area contributed by atoms with E-state index in [0.29, 0.717) is 21.7 Å². The van der Waals surface area contributed by atoms with Crippen LogP contribution in [0.15, 0.2) is 64.0 Å². The number of nitrogens with one attached hydrogen (secondary N) is 1. The van der Waals surface area contributed by atoms with Gasteiger partial charge in [-0.15, -0.1) is 0 Å². The summed E-state index contributed by atoms with van der Waals surface area (Å²) in [6, 6.07) is 12.9. The molecule has 2 aromatic heterocycles. The first-order chi connectivity index (χ1) is 12.6. The molecule has 4 aromatic rings. The Balaban J connectivity index is 1.55. The number of hydrogen-bond acceptors (Lipinski definition) is 5. The van der Waals surface area contributed by atoms with Gasteiger partial charge in [-0.1, -0.05) is 29.5 Å². The molecule has 0 aliphatic rings. The maximum atomic E-state index is 12.4. The number of hydrogen-bond donors (Lipinski definition) is 1. The average Bonchev–Trinajstić information content (AvgIpc) is 3.02. The fourth-order valence-electron chi connectivity index (χ4n) is 2.61. The van der Waals surface area contributed by atoms with Gasteiger partial charge in [-0.3, -0.25) is 14.9 Å². The molecule has 0 saturated heterocycles. The Hall–Kier alpha value is -3.25. The Kier molecular flexibility index (Phi) is 4.10. The Morgan fingerprint density at radius 2 is 2.08 bits per heavy atom. The molecule has 4 rings (SSSR count). The van der Waals surface area contributed by atoms with Gasteiger partial charge in [0, 0.05) is 6.08 Å². The molecule has 5 nitrogen and oxygen atoms in total. The smallest absolute Gasteiger partial charge is 0.250 e. The van der Waals surface area contributed by atoms with E-state index in [1.807, 2.05) is 25.1 Å². The molecule has 0 unspecified atom stereocenters. The summed E-state index contributed by atoms with van der Waals surface area (Å²) in [5.41, 5.74) is 2.64. The molecule has 2 aromatic carbocycles. The van der Waals surface area contributed by atoms with Gasteiger partial charge >= 0.3 is 0 Å². The average molecular weight is 362 g/mol. The zero-order valence-electron chi connectivity index (χ0n) is 13.9. The van der Waals surface area contributed by atoms with Crippen molar-refractivity contribution in [1.82, 2.24) is 4.98 Å². The van der Waals surface area contributed by atoms with Crippen LogP contribution in [0.2, 0.25) is 0 Å². The number of amides is 1. The number of rotatable bonds is 3. The third kappa shape index (κ3) is 3.14. The van der Waals surface area contributed by atoms with E-state index in [1.54, 1.807) is 24.3 Å². The zero-order chi connectivity index (χ0) is 18.1. The van der Waals surface area contributed by atoms with Gasteiger partial charge in [-0.05, 0) is 42.8 Å². The van der Waals surface area contributed by atoms with Gasteiger partial charge in [0.25, 0.3) is 0 Å². The zero-order valence-corrected chi connectivity index (χ0v) is 14.7. The first kappa shape index (κ1) is 16.2. The van der Waals surface area contributed by atoms with Crippen molar-refractivity contribution in [2.45, 2.75) is 6.92 Å². The minimum absolute atomic E-state index is 0.175. The lowest BCUT2D eigenvalue weighted by atomic mass is 10.1. The maximum Gasteiger partial charge on any atom is 0.250 e. The van der Waals surface area contributed by atoms with Crippen LogP contribution in [0.4, 0.5) is 5.13 Å². The first-order valence-electron chi connectivity index (χ1n) is 7.97. The van der Waals surface area contributed by atoms with Crippen molar-refractivity contribution in [2.24, 2.45) is 0 Å². The van der Waals surface area contributed by atoms with Crippen LogP contribution >= 0.6 is 11.3 Å². The van der Waals surface area contributed by atoms with Gasteiger partial charge in [0.15, 0.2) is 10.6 Å². The minimum Gasteiger partial charge on any atom is -0.463 e. The SMILES string of the molecule is Cc1ccc2nc(NC(=O)/C=C/c3coc4ccccc4c3=O)sc2c1. The number of thiazole rings is 1. The van der Waals surface area contributed by atoms with Crippen molar-refractivity contribution < 1.29 is 9.21 Å². The Morgan fingerprint density at radius 3 is 2.96 bits per heavy atom. The summed E-state index contributed by atoms with van der Waals surface area (Å²) in [5, 5.41) is 3.73. The Morgan fingerprint density at radius 1 is 1.23 bits per heavy atom. The Bertz CT molecular complexity index is 1220. The van der Waals surface area contributed by atoms with Crippen molar-refractivity contribution in [1.29, 1.82) is 0 Å². The highest BCUT2D eigenvalue weighted by atomic mass is 32.1. The van der Waals surface area contributed by atoms with Gasteiger partial charge in [0.05, 0.1) is 21.2 Å². The number of aromatic nitrogens is 1. The van der Waals surface area contributed by atoms with Crippen LogP contribution in [0.25, 0.3) is 27.3 Å². The standard InChI is InChI=1S/C20H14N2O3S/c1-12-6-8-15-17(10-12)26-20(21-15)22-18(23)9-7-13-11-25-16-5-3-2-4-14(16)19(13)24/h2-11H,1H3,(H,21,22,23)/b9-7+. The molecule has 128 valence electrons. The lowest BCUT2D eigenvalue weighted by molar-refractivity contribution is -0.111. The van der Waals surface area contributed by atoms with E-state index in [-0.39, 0.29) is 11.3 Å². The fourth-order valence-corrected chi connectivity index (χ4v) is 3.57. The van der Waals surface area contributed by atoms with Crippen molar-refractivity contribution in [3.05, 3.63) is 76.2 Å². The number of benzene rings is 2. The molecule has 0 saturated carbocycles. The van der Waals surface area contributed by atoms with E-state index >= 15 is 0 Å². The highest BCUT2D eigenvalue weighted by molar-refractivity contribution is 7.22. The molecule has 0 atom stereocenters. The molecule has 2 heterocycles. The van der Waals surface area contributed by atoms with E-state index in [2.05, 4.69) is 10.3 Å². The number of fused-ring (bicyclic) bond motifs is 2. The minimum atomic E-state index is -0.353. The van der Waals surface area contributed by atoms with Crippen LogP contribution in [0.5, 0.6) is 0 Å². The molecular formula is C20H14N2O3S. The predicted molar refractivity (Wildman–Crippen MR) is 105 cm³/mol. The van der Waals surface area contributed by atoms with Gasteiger partial charge in [0.2, 0.25) is 5.91 Å². The van der Waals surface area contributed by atoms with Gasteiger partial charge < -0.3 is 4.42 Å². The number of carbonyl (C=O) groups is 1. The summed E-state index contributed by atoms with van der Waals surface area (Å²) in [6.07, 6.45) is 4.11. The van der Waals surface area contributed by atoms with Crippen molar-refractivity contribution in [2.75, 3.05) is 5.32 Å². The molecule has 0 radical (unpaired) electrons. The van der Waals surface area contributed by atoms with Crippen molar-refractivity contribution >= 4 is 49.6 Å². The third-order valence-electron chi connectivity index (χ3n) is 3.90. The first-order valence-corrected chi connectivity index (χ1v) is 8.78. The topological polar surface area (TPSA) is 72.2 Å². The summed E-state index contributed by atoms with van der Waals surface area (Å²) in [4.78, 5) is 28.9. The van der Waals surface area contributed by atoms with Crippen LogP contribution in [0, 0.1) is 6.92 Å². The molecule has 26 heavy (non-hydrogen) atoms. The van der Waals surface area contributed by atoms with Crippen molar-refractivity contribution in [3.63, 3.8) is 0 Å². The second-order valence-electron chi connectivity index (χ2n) is 5.83. The number of aryl methyl sites for hydroxylation is 1. The van der Waals surface area contributed by atoms with Crippen LogP contribution < -0.4 is 10.7 Å². The molecule has 6 heteroatoms. The quantitative estimate of drug-likeness (QED) is 0.550. The summed E-state index contributed by atoms with van der Waals surface area (Å²) in [7, 11) is 0. The lowest BCUT2D eigenvalue weighted by Crippen LogP contribution is -2.09. The summed E-state index contributed by atoms with van der Waals surface area (Å²) >= 11 is 1.41. The number of carbonyl (C=O) groups excluding carboxylic acids is 1. The number of anilines is 1. The normalized spacial score (nSPS) is 11.4. The van der Waals surface area contributed by atoms with E-state index in [9.17, 15) is 9.59 Å². The molecule has 0 spiro atoms. The fraction of sp³-hybridized carbons (Fsp3) is 0.0500. The summed E-state index contributed by atoms with van der Waals surface area (Å²) < 4.78 is 6.45. The highest BCUT2D eigenvalue weighted by Gasteiger charge is 2.07. The second kappa shape index (κ2) is 6.57. The van der Waals surface area contributed by atoms with Crippen LogP contribution in [-0.4, -0.2) is 10.9 Å². The predicted octanol–water partition coefficient (Wildman–Crippen LogP) is 4.36. The maximum absolute atomic E-state index is 12.4. The van der Waals surface area contributed by atoms with Gasteiger partial charge in [0.1, 0.15) is 11.8 Å². The van der Waals surface area contributed by atoms with E-state index in [0.717, 1.165) is 15.8 Å². The van der Waals surface area contributed by atoms with Gasteiger partial charge in [-0.25, -0.2) is 4.98 Å². The molecule has 0 aliphatic heterocycles. The molecule has 0 fully saturated rings. The second-order valence-corrected chi connectivity index (χ2v) is 6.86. The van der Waals surface area contributed by atoms with E-state index < -0.39 is 0 Å². The van der Waals surface area contributed by atoms with Crippen LogP contribution in [0.3, 0.4) is 0 Å².